The van der Waals surface area contributed by atoms with Crippen molar-refractivity contribution in [3.05, 3.63) is 47.7 Å². The molecule has 0 unspecified atom stereocenters. The van der Waals surface area contributed by atoms with E-state index >= 15 is 0 Å². The fraction of sp³-hybridized carbons (Fsp3) is 0.409. The van der Waals surface area contributed by atoms with Crippen molar-refractivity contribution >= 4 is 23.1 Å². The average Bonchev–Trinajstić information content (AvgIpc) is 2.65. The Kier molecular flexibility index (Phi) is 5.96. The topological polar surface area (TPSA) is 84.2 Å². The van der Waals surface area contributed by atoms with Gasteiger partial charge in [-0.05, 0) is 45.7 Å². The van der Waals surface area contributed by atoms with Crippen molar-refractivity contribution in [3.8, 4) is 6.07 Å². The smallest absolute Gasteiger partial charge is 0.407 e. The summed E-state index contributed by atoms with van der Waals surface area (Å²) in [5.41, 5.74) is 1.64. The second-order valence-corrected chi connectivity index (χ2v) is 7.88. The zero-order valence-corrected chi connectivity index (χ0v) is 16.4. The number of hydrogen-bond donors (Lipinski definition) is 1. The molecule has 1 fully saturated rings. The van der Waals surface area contributed by atoms with Crippen LogP contribution in [0.2, 0.25) is 0 Å². The molecule has 1 N–H and O–H groups in total. The van der Waals surface area contributed by atoms with E-state index in [2.05, 4.69) is 16.4 Å². The molecule has 1 aromatic heterocycles. The monoisotopic (exact) mass is 379 g/mol. The van der Waals surface area contributed by atoms with Gasteiger partial charge < -0.3 is 14.8 Å². The molecule has 1 aromatic carbocycles. The molecule has 6 nitrogen and oxygen atoms in total. The van der Waals surface area contributed by atoms with Gasteiger partial charge in [0, 0.05) is 10.9 Å². The lowest BCUT2D eigenvalue weighted by Gasteiger charge is -2.29. The van der Waals surface area contributed by atoms with E-state index in [1.54, 1.807) is 6.07 Å². The number of para-hydroxylation sites is 1. The van der Waals surface area contributed by atoms with E-state index in [0.29, 0.717) is 12.3 Å². The van der Waals surface area contributed by atoms with Crippen LogP contribution in [-0.4, -0.2) is 35.4 Å². The minimum Gasteiger partial charge on any atom is -0.444 e. The van der Waals surface area contributed by atoms with Gasteiger partial charge in [-0.3, -0.25) is 0 Å². The summed E-state index contributed by atoms with van der Waals surface area (Å²) in [5.74, 6) is 0. The Bertz CT molecular complexity index is 917. The zero-order valence-electron chi connectivity index (χ0n) is 16.4. The van der Waals surface area contributed by atoms with E-state index in [9.17, 15) is 4.79 Å². The van der Waals surface area contributed by atoms with Gasteiger partial charge in [0.25, 0.3) is 0 Å². The molecular weight excluding hydrogens is 354 g/mol. The fourth-order valence-electron chi connectivity index (χ4n) is 3.09. The molecule has 2 atom stereocenters. The summed E-state index contributed by atoms with van der Waals surface area (Å²) in [4.78, 5) is 16.3. The molecule has 0 bridgehead atoms. The van der Waals surface area contributed by atoms with Gasteiger partial charge >= 0.3 is 6.09 Å². The van der Waals surface area contributed by atoms with E-state index in [1.807, 2.05) is 57.2 Å². The van der Waals surface area contributed by atoms with E-state index < -0.39 is 11.7 Å². The number of ether oxygens (including phenoxy) is 2. The third-order valence-corrected chi connectivity index (χ3v) is 4.39. The Balaban J connectivity index is 1.59. The molecule has 1 aliphatic heterocycles. The number of nitrogens with zero attached hydrogens (tertiary/aromatic N) is 2. The maximum absolute atomic E-state index is 11.9. The molecule has 3 rings (SSSR count). The largest absolute Gasteiger partial charge is 0.444 e. The van der Waals surface area contributed by atoms with Crippen LogP contribution in [-0.2, 0) is 9.47 Å². The van der Waals surface area contributed by atoms with Crippen molar-refractivity contribution in [2.24, 2.45) is 0 Å². The van der Waals surface area contributed by atoms with E-state index in [-0.39, 0.29) is 12.1 Å². The Labute approximate surface area is 165 Å². The van der Waals surface area contributed by atoms with Gasteiger partial charge in [0.1, 0.15) is 17.4 Å². The highest BCUT2D eigenvalue weighted by molar-refractivity contribution is 5.87. The number of nitrogens with one attached hydrogen (secondary N) is 1. The number of carbonyl (C=O) groups excluding carboxylic acids is 1. The summed E-state index contributed by atoms with van der Waals surface area (Å²) in [6.07, 6.45) is 5.19. The highest BCUT2D eigenvalue weighted by Gasteiger charge is 2.24. The lowest BCUT2D eigenvalue weighted by Crippen LogP contribution is -2.44. The first-order chi connectivity index (χ1) is 13.3. The SMILES string of the molecule is CC(C)(C)OC(=O)N[C@@H]1CC[C@@H](/C=C/c2cccc3ccc(C#N)nc23)OC1. The van der Waals surface area contributed by atoms with Crippen LogP contribution in [0.1, 0.15) is 44.9 Å². The highest BCUT2D eigenvalue weighted by Crippen LogP contribution is 2.21. The van der Waals surface area contributed by atoms with Crippen LogP contribution in [0.15, 0.2) is 36.4 Å². The van der Waals surface area contributed by atoms with Crippen molar-refractivity contribution in [1.82, 2.24) is 10.3 Å². The molecule has 0 radical (unpaired) electrons. The van der Waals surface area contributed by atoms with Crippen LogP contribution in [0.3, 0.4) is 0 Å². The molecule has 146 valence electrons. The van der Waals surface area contributed by atoms with Crippen LogP contribution >= 0.6 is 0 Å². The second-order valence-electron chi connectivity index (χ2n) is 7.88. The van der Waals surface area contributed by atoms with Crippen molar-refractivity contribution < 1.29 is 14.3 Å². The summed E-state index contributed by atoms with van der Waals surface area (Å²) in [6.45, 7) is 5.96. The number of hydrogen-bond acceptors (Lipinski definition) is 5. The lowest BCUT2D eigenvalue weighted by atomic mass is 10.0. The Morgan fingerprint density at radius 2 is 2.14 bits per heavy atom. The third-order valence-electron chi connectivity index (χ3n) is 4.39. The van der Waals surface area contributed by atoms with E-state index in [0.717, 1.165) is 29.3 Å². The Morgan fingerprint density at radius 3 is 2.82 bits per heavy atom. The molecule has 0 aliphatic carbocycles. The summed E-state index contributed by atoms with van der Waals surface area (Å²) >= 11 is 0. The normalized spacial score (nSPS) is 20.1. The molecule has 28 heavy (non-hydrogen) atoms. The van der Waals surface area contributed by atoms with Gasteiger partial charge in [-0.25, -0.2) is 9.78 Å². The molecule has 6 heteroatoms. The molecule has 2 heterocycles. The number of aromatic nitrogens is 1. The maximum atomic E-state index is 11.9. The van der Waals surface area contributed by atoms with E-state index in [1.165, 1.54) is 0 Å². The van der Waals surface area contributed by atoms with Gasteiger partial charge in [0.05, 0.1) is 24.3 Å². The standard InChI is InChI=1S/C22H25N3O3/c1-22(2,3)28-21(26)25-18-10-12-19(27-14-18)11-8-16-6-4-5-15-7-9-17(13-23)24-20(15)16/h4-9,11,18-19H,10,12,14H2,1-3H3,(H,25,26)/b11-8+/t18-,19-/m1/s1. The lowest BCUT2D eigenvalue weighted by molar-refractivity contribution is 0.0136. The molecule has 0 saturated carbocycles. The maximum Gasteiger partial charge on any atom is 0.407 e. The second kappa shape index (κ2) is 8.41. The Morgan fingerprint density at radius 1 is 1.32 bits per heavy atom. The molecular formula is C22H25N3O3. The number of carbonyl (C=O) groups is 1. The van der Waals surface area contributed by atoms with Crippen molar-refractivity contribution in [1.29, 1.82) is 5.26 Å². The molecule has 2 aromatic rings. The number of amides is 1. The number of rotatable bonds is 3. The van der Waals surface area contributed by atoms with Gasteiger partial charge in [0.15, 0.2) is 0 Å². The predicted molar refractivity (Wildman–Crippen MR) is 108 cm³/mol. The average molecular weight is 379 g/mol. The first kappa shape index (κ1) is 19.8. The minimum absolute atomic E-state index is 0.0221. The molecule has 1 amide bonds. The van der Waals surface area contributed by atoms with Gasteiger partial charge in [-0.15, -0.1) is 0 Å². The number of nitriles is 1. The van der Waals surface area contributed by atoms with Gasteiger partial charge in [-0.1, -0.05) is 30.4 Å². The number of benzene rings is 1. The van der Waals surface area contributed by atoms with E-state index in [4.69, 9.17) is 14.7 Å². The summed E-state index contributed by atoms with van der Waals surface area (Å²) < 4.78 is 11.2. The van der Waals surface area contributed by atoms with Crippen molar-refractivity contribution in [3.63, 3.8) is 0 Å². The summed E-state index contributed by atoms with van der Waals surface area (Å²) in [5, 5.41) is 12.9. The first-order valence-corrected chi connectivity index (χ1v) is 9.43. The number of fused-ring (bicyclic) bond motifs is 1. The number of alkyl carbamates (subject to hydrolysis) is 1. The van der Waals surface area contributed by atoms with Gasteiger partial charge in [-0.2, -0.15) is 5.26 Å². The molecule has 1 aliphatic rings. The van der Waals surface area contributed by atoms with Gasteiger partial charge in [0.2, 0.25) is 0 Å². The molecule has 0 spiro atoms. The summed E-state index contributed by atoms with van der Waals surface area (Å²) in [6, 6.07) is 11.6. The fourth-order valence-corrected chi connectivity index (χ4v) is 3.09. The number of pyridine rings is 1. The predicted octanol–water partition coefficient (Wildman–Crippen LogP) is 4.19. The zero-order chi connectivity index (χ0) is 20.1. The van der Waals surface area contributed by atoms with Crippen LogP contribution in [0, 0.1) is 11.3 Å². The van der Waals surface area contributed by atoms with Crippen molar-refractivity contribution in [2.75, 3.05) is 6.61 Å². The quantitative estimate of drug-likeness (QED) is 0.864. The Hall–Kier alpha value is -2.91. The molecule has 1 saturated heterocycles. The summed E-state index contributed by atoms with van der Waals surface area (Å²) in [7, 11) is 0. The third kappa shape index (κ3) is 5.30. The highest BCUT2D eigenvalue weighted by atomic mass is 16.6. The van der Waals surface area contributed by atoms with Crippen molar-refractivity contribution in [2.45, 2.75) is 51.4 Å². The van der Waals surface area contributed by atoms with Crippen LogP contribution < -0.4 is 5.32 Å². The van der Waals surface area contributed by atoms with Crippen LogP contribution in [0.5, 0.6) is 0 Å². The minimum atomic E-state index is -0.511. The van der Waals surface area contributed by atoms with Crippen LogP contribution in [0.4, 0.5) is 4.79 Å². The first-order valence-electron chi connectivity index (χ1n) is 9.43. The van der Waals surface area contributed by atoms with Crippen LogP contribution in [0.25, 0.3) is 17.0 Å².